The van der Waals surface area contributed by atoms with Crippen molar-refractivity contribution < 1.29 is 17.7 Å². The van der Waals surface area contributed by atoms with Crippen molar-refractivity contribution in [1.82, 2.24) is 15.5 Å². The molecule has 128 valence electrons. The molecule has 0 amide bonds. The lowest BCUT2D eigenvalue weighted by Gasteiger charge is -2.06. The number of nitriles is 1. The largest absolute Gasteiger partial charge is 0.389 e. The molecule has 0 aliphatic rings. The standard InChI is InChI=1S/C15H16F3N5O/c16-15(17,18)6-5-13-22-14(24-23-13)21-8-7-20-10-12-4-2-1-3-11(12)9-19/h1-4,20H,5-8,10H2,(H,21,22,23). The Kier molecular flexibility index (Phi) is 6.14. The lowest BCUT2D eigenvalue weighted by molar-refractivity contribution is -0.134. The number of anilines is 1. The summed E-state index contributed by atoms with van der Waals surface area (Å²) in [5, 5.41) is 18.4. The van der Waals surface area contributed by atoms with Crippen LogP contribution in [-0.2, 0) is 13.0 Å². The second kappa shape index (κ2) is 8.31. The molecule has 0 bridgehead atoms. The molecule has 2 aromatic rings. The van der Waals surface area contributed by atoms with Crippen molar-refractivity contribution >= 4 is 6.01 Å². The zero-order valence-corrected chi connectivity index (χ0v) is 12.7. The number of alkyl halides is 3. The van der Waals surface area contributed by atoms with Gasteiger partial charge in [0.1, 0.15) is 0 Å². The SMILES string of the molecule is N#Cc1ccccc1CNCCNc1nc(CCC(F)(F)F)no1. The minimum absolute atomic E-state index is 0.0192. The molecule has 0 radical (unpaired) electrons. The summed E-state index contributed by atoms with van der Waals surface area (Å²) in [6.07, 6.45) is -5.53. The van der Waals surface area contributed by atoms with E-state index in [4.69, 9.17) is 9.78 Å². The molecule has 9 heteroatoms. The predicted octanol–water partition coefficient (Wildman–Crippen LogP) is 2.64. The molecule has 1 heterocycles. The maximum atomic E-state index is 12.1. The average molecular weight is 339 g/mol. The van der Waals surface area contributed by atoms with Gasteiger partial charge in [-0.15, -0.1) is 0 Å². The van der Waals surface area contributed by atoms with E-state index in [0.29, 0.717) is 25.2 Å². The monoisotopic (exact) mass is 339 g/mol. The second-order valence-corrected chi connectivity index (χ2v) is 5.00. The van der Waals surface area contributed by atoms with Crippen LogP contribution >= 0.6 is 0 Å². The molecule has 0 unspecified atom stereocenters. The number of hydrogen-bond donors (Lipinski definition) is 2. The van der Waals surface area contributed by atoms with E-state index in [0.717, 1.165) is 5.56 Å². The van der Waals surface area contributed by atoms with Crippen LogP contribution in [0.2, 0.25) is 0 Å². The number of hydrogen-bond acceptors (Lipinski definition) is 6. The van der Waals surface area contributed by atoms with E-state index in [9.17, 15) is 13.2 Å². The molecule has 0 fully saturated rings. The minimum Gasteiger partial charge on any atom is -0.336 e. The third kappa shape index (κ3) is 5.89. The maximum Gasteiger partial charge on any atom is 0.389 e. The first kappa shape index (κ1) is 17.7. The summed E-state index contributed by atoms with van der Waals surface area (Å²) < 4.78 is 41.1. The quantitative estimate of drug-likeness (QED) is 0.719. The Labute approximate surface area is 136 Å². The highest BCUT2D eigenvalue weighted by Gasteiger charge is 2.27. The molecule has 0 saturated carbocycles. The van der Waals surface area contributed by atoms with Crippen LogP contribution in [-0.4, -0.2) is 29.4 Å². The fourth-order valence-electron chi connectivity index (χ4n) is 1.95. The molecular formula is C15H16F3N5O. The molecule has 24 heavy (non-hydrogen) atoms. The van der Waals surface area contributed by atoms with E-state index >= 15 is 0 Å². The van der Waals surface area contributed by atoms with Crippen molar-refractivity contribution in [2.24, 2.45) is 0 Å². The first-order chi connectivity index (χ1) is 11.5. The zero-order valence-electron chi connectivity index (χ0n) is 12.7. The molecule has 2 rings (SSSR count). The molecule has 2 N–H and O–H groups in total. The molecule has 0 spiro atoms. The van der Waals surface area contributed by atoms with Gasteiger partial charge in [-0.1, -0.05) is 23.4 Å². The van der Waals surface area contributed by atoms with Gasteiger partial charge in [0.05, 0.1) is 18.1 Å². The van der Waals surface area contributed by atoms with Crippen molar-refractivity contribution in [3.63, 3.8) is 0 Å². The fourth-order valence-corrected chi connectivity index (χ4v) is 1.95. The van der Waals surface area contributed by atoms with Gasteiger partial charge < -0.3 is 15.2 Å². The van der Waals surface area contributed by atoms with E-state index in [-0.39, 0.29) is 18.3 Å². The van der Waals surface area contributed by atoms with Crippen molar-refractivity contribution in [2.45, 2.75) is 25.6 Å². The topological polar surface area (TPSA) is 86.8 Å². The molecular weight excluding hydrogens is 323 g/mol. The molecule has 1 aromatic heterocycles. The Balaban J connectivity index is 1.68. The van der Waals surface area contributed by atoms with E-state index in [1.165, 1.54) is 0 Å². The first-order valence-electron chi connectivity index (χ1n) is 7.30. The van der Waals surface area contributed by atoms with Crippen molar-refractivity contribution in [1.29, 1.82) is 5.26 Å². The second-order valence-electron chi connectivity index (χ2n) is 5.00. The van der Waals surface area contributed by atoms with Crippen LogP contribution in [0.4, 0.5) is 19.2 Å². The summed E-state index contributed by atoms with van der Waals surface area (Å²) in [4.78, 5) is 3.84. The summed E-state index contributed by atoms with van der Waals surface area (Å²) in [6, 6.07) is 9.48. The average Bonchev–Trinajstić information content (AvgIpc) is 3.00. The third-order valence-electron chi connectivity index (χ3n) is 3.13. The van der Waals surface area contributed by atoms with Gasteiger partial charge in [0.2, 0.25) is 0 Å². The van der Waals surface area contributed by atoms with Crippen LogP contribution < -0.4 is 10.6 Å². The number of aromatic nitrogens is 2. The number of benzene rings is 1. The summed E-state index contributed by atoms with van der Waals surface area (Å²) >= 11 is 0. The van der Waals surface area contributed by atoms with Crippen LogP contribution in [0.1, 0.15) is 23.4 Å². The van der Waals surface area contributed by atoms with Crippen LogP contribution in [0, 0.1) is 11.3 Å². The Morgan fingerprint density at radius 1 is 1.21 bits per heavy atom. The van der Waals surface area contributed by atoms with Gasteiger partial charge in [0.25, 0.3) is 0 Å². The third-order valence-corrected chi connectivity index (χ3v) is 3.13. The lowest BCUT2D eigenvalue weighted by atomic mass is 10.1. The molecule has 6 nitrogen and oxygen atoms in total. The molecule has 0 aliphatic heterocycles. The van der Waals surface area contributed by atoms with E-state index in [2.05, 4.69) is 26.8 Å². The highest BCUT2D eigenvalue weighted by molar-refractivity contribution is 5.37. The smallest absolute Gasteiger partial charge is 0.336 e. The van der Waals surface area contributed by atoms with Crippen LogP contribution in [0.15, 0.2) is 28.8 Å². The van der Waals surface area contributed by atoms with Crippen molar-refractivity contribution in [3.05, 3.63) is 41.2 Å². The first-order valence-corrected chi connectivity index (χ1v) is 7.30. The zero-order chi connectivity index (χ0) is 17.4. The molecule has 0 saturated heterocycles. The number of nitrogens with zero attached hydrogens (tertiary/aromatic N) is 3. The summed E-state index contributed by atoms with van der Waals surface area (Å²) in [6.45, 7) is 1.54. The van der Waals surface area contributed by atoms with Gasteiger partial charge >= 0.3 is 12.2 Å². The number of rotatable bonds is 8. The Morgan fingerprint density at radius 3 is 2.75 bits per heavy atom. The van der Waals surface area contributed by atoms with Crippen molar-refractivity contribution in [2.75, 3.05) is 18.4 Å². The van der Waals surface area contributed by atoms with E-state index in [1.54, 1.807) is 12.1 Å². The Bertz CT molecular complexity index is 693. The number of halogens is 3. The summed E-state index contributed by atoms with van der Waals surface area (Å²) in [5.74, 6) is 0.0192. The van der Waals surface area contributed by atoms with Gasteiger partial charge in [0.15, 0.2) is 5.82 Å². The van der Waals surface area contributed by atoms with Gasteiger partial charge in [-0.25, -0.2) is 0 Å². The summed E-state index contributed by atoms with van der Waals surface area (Å²) in [7, 11) is 0. The highest BCUT2D eigenvalue weighted by atomic mass is 19.4. The minimum atomic E-state index is -4.24. The lowest BCUT2D eigenvalue weighted by Crippen LogP contribution is -2.22. The van der Waals surface area contributed by atoms with Gasteiger partial charge in [-0.3, -0.25) is 0 Å². The van der Waals surface area contributed by atoms with Gasteiger partial charge in [-0.2, -0.15) is 23.4 Å². The Morgan fingerprint density at radius 2 is 2.00 bits per heavy atom. The van der Waals surface area contributed by atoms with Crippen LogP contribution in [0.25, 0.3) is 0 Å². The molecule has 0 aliphatic carbocycles. The number of aryl methyl sites for hydroxylation is 1. The van der Waals surface area contributed by atoms with Gasteiger partial charge in [-0.05, 0) is 11.6 Å². The predicted molar refractivity (Wildman–Crippen MR) is 80.0 cm³/mol. The van der Waals surface area contributed by atoms with Crippen LogP contribution in [0.5, 0.6) is 0 Å². The van der Waals surface area contributed by atoms with E-state index < -0.39 is 12.6 Å². The molecule has 0 atom stereocenters. The normalized spacial score (nSPS) is 11.2. The fraction of sp³-hybridized carbons (Fsp3) is 0.400. The maximum absolute atomic E-state index is 12.1. The highest BCUT2D eigenvalue weighted by Crippen LogP contribution is 2.21. The Hall–Kier alpha value is -2.60. The van der Waals surface area contributed by atoms with Crippen molar-refractivity contribution in [3.8, 4) is 6.07 Å². The molecule has 1 aromatic carbocycles. The van der Waals surface area contributed by atoms with Crippen LogP contribution in [0.3, 0.4) is 0 Å². The summed E-state index contributed by atoms with van der Waals surface area (Å²) in [5.41, 5.74) is 1.51. The van der Waals surface area contributed by atoms with Gasteiger partial charge in [0, 0.05) is 26.1 Å². The number of nitrogens with one attached hydrogen (secondary N) is 2. The van der Waals surface area contributed by atoms with E-state index in [1.807, 2.05) is 12.1 Å².